The quantitative estimate of drug-likeness (QED) is 0.726. The van der Waals surface area contributed by atoms with Crippen molar-refractivity contribution < 1.29 is 9.53 Å². The maximum absolute atomic E-state index is 12.8. The Hall–Kier alpha value is -2.89. The lowest BCUT2D eigenvalue weighted by Gasteiger charge is -2.31. The summed E-state index contributed by atoms with van der Waals surface area (Å²) in [7, 11) is 1.57. The molecule has 0 spiro atoms. The zero-order valence-corrected chi connectivity index (χ0v) is 14.8. The molecule has 1 amide bonds. The number of nitrogens with zero attached hydrogens (tertiary/aromatic N) is 4. The third-order valence-corrected chi connectivity index (χ3v) is 4.99. The molecule has 6 heteroatoms. The molecule has 0 atom stereocenters. The molecule has 1 aromatic carbocycles. The van der Waals surface area contributed by atoms with Crippen LogP contribution in [0.15, 0.2) is 48.7 Å². The summed E-state index contributed by atoms with van der Waals surface area (Å²) in [6.07, 6.45) is 4.82. The summed E-state index contributed by atoms with van der Waals surface area (Å²) in [6, 6.07) is 14.1. The highest BCUT2D eigenvalue weighted by molar-refractivity contribution is 5.92. The topological polar surface area (TPSA) is 59.7 Å². The minimum absolute atomic E-state index is 0.0207. The summed E-state index contributed by atoms with van der Waals surface area (Å²) in [5.74, 6) is 1.11. The molecule has 1 saturated heterocycles. The maximum atomic E-state index is 12.8. The van der Waals surface area contributed by atoms with Crippen LogP contribution in [0.4, 0.5) is 0 Å². The molecule has 26 heavy (non-hydrogen) atoms. The van der Waals surface area contributed by atoms with Gasteiger partial charge in [-0.3, -0.25) is 4.79 Å². The van der Waals surface area contributed by atoms with E-state index in [0.29, 0.717) is 23.1 Å². The number of aromatic nitrogens is 3. The highest BCUT2D eigenvalue weighted by Crippen LogP contribution is 2.23. The number of methoxy groups -OCH3 is 1. The van der Waals surface area contributed by atoms with E-state index in [1.165, 1.54) is 5.56 Å². The Kier molecular flexibility index (Phi) is 4.56. The summed E-state index contributed by atoms with van der Waals surface area (Å²) in [5.41, 5.74) is 2.46. The number of carbonyl (C=O) groups excluding carboxylic acids is 1. The van der Waals surface area contributed by atoms with Gasteiger partial charge in [0.2, 0.25) is 5.88 Å². The van der Waals surface area contributed by atoms with Crippen LogP contribution in [0.2, 0.25) is 0 Å². The standard InChI is InChI=1S/C20H22N4O2/c1-26-19-8-7-18-21-17(14-24(18)22-19)20(25)23-11-9-16(10-12-23)13-15-5-3-2-4-6-15/h2-8,14,16H,9-13H2,1H3. The molecule has 6 nitrogen and oxygen atoms in total. The van der Waals surface area contributed by atoms with Gasteiger partial charge in [-0.2, -0.15) is 0 Å². The molecule has 3 heterocycles. The molecular formula is C20H22N4O2. The van der Waals surface area contributed by atoms with Crippen LogP contribution in [0, 0.1) is 5.92 Å². The summed E-state index contributed by atoms with van der Waals surface area (Å²) >= 11 is 0. The van der Waals surface area contributed by atoms with Gasteiger partial charge in [-0.15, -0.1) is 5.10 Å². The van der Waals surface area contributed by atoms with Crippen molar-refractivity contribution in [1.82, 2.24) is 19.5 Å². The second-order valence-electron chi connectivity index (χ2n) is 6.73. The molecule has 0 N–H and O–H groups in total. The molecule has 134 valence electrons. The van der Waals surface area contributed by atoms with Crippen molar-refractivity contribution in [3.8, 4) is 5.88 Å². The van der Waals surface area contributed by atoms with Crippen LogP contribution < -0.4 is 4.74 Å². The normalized spacial score (nSPS) is 15.3. The van der Waals surface area contributed by atoms with Crippen molar-refractivity contribution in [3.05, 3.63) is 59.9 Å². The molecule has 4 rings (SSSR count). The van der Waals surface area contributed by atoms with Gasteiger partial charge in [0.25, 0.3) is 5.91 Å². The first kappa shape index (κ1) is 16.6. The van der Waals surface area contributed by atoms with Crippen molar-refractivity contribution in [2.45, 2.75) is 19.3 Å². The Labute approximate surface area is 152 Å². The van der Waals surface area contributed by atoms with Crippen LogP contribution in [-0.2, 0) is 6.42 Å². The van der Waals surface area contributed by atoms with E-state index in [4.69, 9.17) is 4.74 Å². The number of carbonyl (C=O) groups is 1. The number of fused-ring (bicyclic) bond motifs is 1. The molecule has 0 saturated carbocycles. The van der Waals surface area contributed by atoms with Crippen LogP contribution in [-0.4, -0.2) is 45.6 Å². The number of amides is 1. The van der Waals surface area contributed by atoms with Gasteiger partial charge in [0.15, 0.2) is 5.65 Å². The van der Waals surface area contributed by atoms with E-state index >= 15 is 0 Å². The van der Waals surface area contributed by atoms with Crippen molar-refractivity contribution in [2.24, 2.45) is 5.92 Å². The maximum Gasteiger partial charge on any atom is 0.274 e. The van der Waals surface area contributed by atoms with Gasteiger partial charge in [-0.1, -0.05) is 30.3 Å². The number of piperidine rings is 1. The fourth-order valence-electron chi connectivity index (χ4n) is 3.53. The van der Waals surface area contributed by atoms with Gasteiger partial charge in [-0.25, -0.2) is 9.50 Å². The van der Waals surface area contributed by atoms with E-state index in [0.717, 1.165) is 32.4 Å². The van der Waals surface area contributed by atoms with Gasteiger partial charge in [0.05, 0.1) is 13.3 Å². The predicted octanol–water partition coefficient (Wildman–Crippen LogP) is 2.83. The Morgan fingerprint density at radius 1 is 1.15 bits per heavy atom. The summed E-state index contributed by atoms with van der Waals surface area (Å²) in [4.78, 5) is 19.1. The average Bonchev–Trinajstić information content (AvgIpc) is 3.12. The molecule has 1 fully saturated rings. The summed E-state index contributed by atoms with van der Waals surface area (Å²) in [5, 5.41) is 4.26. The van der Waals surface area contributed by atoms with Gasteiger partial charge < -0.3 is 9.64 Å². The van der Waals surface area contributed by atoms with E-state index < -0.39 is 0 Å². The van der Waals surface area contributed by atoms with E-state index in [1.807, 2.05) is 11.0 Å². The number of rotatable bonds is 4. The highest BCUT2D eigenvalue weighted by atomic mass is 16.5. The van der Waals surface area contributed by atoms with Crippen molar-refractivity contribution in [2.75, 3.05) is 20.2 Å². The molecule has 0 radical (unpaired) electrons. The van der Waals surface area contributed by atoms with Gasteiger partial charge in [0.1, 0.15) is 5.69 Å². The molecular weight excluding hydrogens is 328 g/mol. The average molecular weight is 350 g/mol. The molecule has 1 aliphatic heterocycles. The lowest BCUT2D eigenvalue weighted by molar-refractivity contribution is 0.0685. The van der Waals surface area contributed by atoms with Gasteiger partial charge >= 0.3 is 0 Å². The lowest BCUT2D eigenvalue weighted by atomic mass is 9.90. The number of hydrogen-bond donors (Lipinski definition) is 0. The van der Waals surface area contributed by atoms with Crippen LogP contribution in [0.1, 0.15) is 28.9 Å². The monoisotopic (exact) mass is 350 g/mol. The number of hydrogen-bond acceptors (Lipinski definition) is 4. The Morgan fingerprint density at radius 2 is 1.92 bits per heavy atom. The molecule has 3 aromatic rings. The van der Waals surface area contributed by atoms with Crippen molar-refractivity contribution >= 4 is 11.6 Å². The Morgan fingerprint density at radius 3 is 2.65 bits per heavy atom. The molecule has 0 bridgehead atoms. The Balaban J connectivity index is 1.40. The number of benzene rings is 1. The first-order valence-electron chi connectivity index (χ1n) is 8.96. The smallest absolute Gasteiger partial charge is 0.274 e. The zero-order valence-electron chi connectivity index (χ0n) is 14.8. The Bertz CT molecular complexity index is 899. The first-order valence-corrected chi connectivity index (χ1v) is 8.96. The molecule has 1 aliphatic rings. The van der Waals surface area contributed by atoms with E-state index in [1.54, 1.807) is 30.0 Å². The summed E-state index contributed by atoms with van der Waals surface area (Å²) < 4.78 is 6.71. The van der Waals surface area contributed by atoms with Crippen LogP contribution >= 0.6 is 0 Å². The second kappa shape index (κ2) is 7.15. The minimum atomic E-state index is -0.0207. The van der Waals surface area contributed by atoms with Crippen LogP contribution in [0.25, 0.3) is 5.65 Å². The van der Waals surface area contributed by atoms with E-state index in [2.05, 4.69) is 34.3 Å². The minimum Gasteiger partial charge on any atom is -0.480 e. The lowest BCUT2D eigenvalue weighted by Crippen LogP contribution is -2.39. The largest absolute Gasteiger partial charge is 0.480 e. The third-order valence-electron chi connectivity index (χ3n) is 4.99. The van der Waals surface area contributed by atoms with E-state index in [-0.39, 0.29) is 5.91 Å². The van der Waals surface area contributed by atoms with Gasteiger partial charge in [-0.05, 0) is 36.8 Å². The third kappa shape index (κ3) is 3.40. The number of ether oxygens (including phenoxy) is 1. The fraction of sp³-hybridized carbons (Fsp3) is 0.350. The number of likely N-dealkylation sites (tertiary alicyclic amines) is 1. The summed E-state index contributed by atoms with van der Waals surface area (Å²) in [6.45, 7) is 1.56. The van der Waals surface area contributed by atoms with Crippen molar-refractivity contribution in [1.29, 1.82) is 0 Å². The SMILES string of the molecule is COc1ccc2nc(C(=O)N3CCC(Cc4ccccc4)CC3)cn2n1. The zero-order chi connectivity index (χ0) is 17.9. The van der Waals surface area contributed by atoms with Crippen LogP contribution in [0.3, 0.4) is 0 Å². The molecule has 0 aliphatic carbocycles. The molecule has 2 aromatic heterocycles. The van der Waals surface area contributed by atoms with Crippen molar-refractivity contribution in [3.63, 3.8) is 0 Å². The van der Waals surface area contributed by atoms with Gasteiger partial charge in [0, 0.05) is 19.2 Å². The van der Waals surface area contributed by atoms with E-state index in [9.17, 15) is 4.79 Å². The number of imidazole rings is 1. The highest BCUT2D eigenvalue weighted by Gasteiger charge is 2.25. The first-order chi connectivity index (χ1) is 12.7. The predicted molar refractivity (Wildman–Crippen MR) is 98.3 cm³/mol. The fourth-order valence-corrected chi connectivity index (χ4v) is 3.53. The molecule has 0 unspecified atom stereocenters. The second-order valence-corrected chi connectivity index (χ2v) is 6.73. The van der Waals surface area contributed by atoms with Crippen LogP contribution in [0.5, 0.6) is 5.88 Å².